The molecule has 2 rings (SSSR count). The summed E-state index contributed by atoms with van der Waals surface area (Å²) in [5.74, 6) is -0.447. The van der Waals surface area contributed by atoms with Crippen molar-refractivity contribution in [3.8, 4) is 11.3 Å². The van der Waals surface area contributed by atoms with E-state index < -0.39 is 46.0 Å². The predicted octanol–water partition coefficient (Wildman–Crippen LogP) is 6.23. The molecule has 1 heterocycles. The van der Waals surface area contributed by atoms with E-state index >= 15 is 0 Å². The second-order valence-corrected chi connectivity index (χ2v) is 11.3. The van der Waals surface area contributed by atoms with E-state index in [-0.39, 0.29) is 22.6 Å². The van der Waals surface area contributed by atoms with Crippen LogP contribution in [0.15, 0.2) is 24.3 Å². The number of carbonyl (C=O) groups is 3. The summed E-state index contributed by atoms with van der Waals surface area (Å²) < 4.78 is 17.3. The molecule has 1 aromatic carbocycles. The molecule has 37 heavy (non-hydrogen) atoms. The zero-order valence-corrected chi connectivity index (χ0v) is 22.9. The summed E-state index contributed by atoms with van der Waals surface area (Å²) in [7, 11) is 0. The first kappa shape index (κ1) is 29.3. The Kier molecular flexibility index (Phi) is 8.06. The average Bonchev–Trinajstić information content (AvgIpc) is 3.00. The molecular formula is C25H34N4O8. The smallest absolute Gasteiger partial charge is 0.427 e. The maximum atomic E-state index is 13.5. The Balaban J connectivity index is 2.88. The number of nitrogens with zero attached hydrogens (tertiary/aromatic N) is 4. The van der Waals surface area contributed by atoms with E-state index in [0.717, 1.165) is 4.57 Å². The second kappa shape index (κ2) is 10.2. The van der Waals surface area contributed by atoms with Crippen molar-refractivity contribution in [3.63, 3.8) is 0 Å². The van der Waals surface area contributed by atoms with Crippen molar-refractivity contribution < 1.29 is 33.5 Å². The fraction of sp³-hybridized carbons (Fsp3) is 0.520. The lowest BCUT2D eigenvalue weighted by Gasteiger charge is -2.28. The number of rotatable bonds is 3. The zero-order chi connectivity index (χ0) is 28.5. The van der Waals surface area contributed by atoms with Crippen LogP contribution in [0, 0.1) is 17.0 Å². The van der Waals surface area contributed by atoms with E-state index in [4.69, 9.17) is 14.2 Å². The summed E-state index contributed by atoms with van der Waals surface area (Å²) in [6.45, 7) is 16.1. The van der Waals surface area contributed by atoms with E-state index in [2.05, 4.69) is 4.98 Å². The number of nitro benzene ring substituents is 1. The quantitative estimate of drug-likeness (QED) is 0.262. The van der Waals surface area contributed by atoms with Gasteiger partial charge >= 0.3 is 18.3 Å². The van der Waals surface area contributed by atoms with E-state index in [0.29, 0.717) is 4.90 Å². The monoisotopic (exact) mass is 518 g/mol. The minimum atomic E-state index is -1.14. The standard InChI is InChI=1S/C25H34N4O8/c1-15-18(16-12-11-13-17(14-16)29(33)34)27(20(30)35-23(2,3)4)19(26-15)28(21(31)36-24(5,6)7)22(32)37-25(8,9)10/h11-14H,1-10H3. The van der Waals surface area contributed by atoms with Gasteiger partial charge in [0.1, 0.15) is 16.8 Å². The summed E-state index contributed by atoms with van der Waals surface area (Å²) in [6, 6.07) is 5.52. The first-order valence-electron chi connectivity index (χ1n) is 11.5. The van der Waals surface area contributed by atoms with E-state index in [1.807, 2.05) is 0 Å². The Bertz CT molecular complexity index is 1180. The highest BCUT2D eigenvalue weighted by molar-refractivity contribution is 6.09. The van der Waals surface area contributed by atoms with Crippen LogP contribution >= 0.6 is 0 Å². The number of aryl methyl sites for hydroxylation is 1. The fourth-order valence-corrected chi connectivity index (χ4v) is 3.10. The molecule has 0 bridgehead atoms. The van der Waals surface area contributed by atoms with Gasteiger partial charge in [-0.2, -0.15) is 0 Å². The van der Waals surface area contributed by atoms with Gasteiger partial charge in [-0.3, -0.25) is 10.1 Å². The van der Waals surface area contributed by atoms with Crippen LogP contribution < -0.4 is 4.90 Å². The first-order valence-corrected chi connectivity index (χ1v) is 11.5. The zero-order valence-electron chi connectivity index (χ0n) is 22.9. The van der Waals surface area contributed by atoms with Crippen molar-refractivity contribution in [1.29, 1.82) is 0 Å². The summed E-state index contributed by atoms with van der Waals surface area (Å²) in [5, 5.41) is 11.4. The Labute approximate surface area is 215 Å². The Morgan fingerprint density at radius 2 is 1.38 bits per heavy atom. The minimum Gasteiger partial charge on any atom is -0.443 e. The molecule has 0 fully saturated rings. The summed E-state index contributed by atoms with van der Waals surface area (Å²) >= 11 is 0. The molecule has 12 nitrogen and oxygen atoms in total. The molecule has 0 saturated heterocycles. The number of benzene rings is 1. The lowest BCUT2D eigenvalue weighted by Crippen LogP contribution is -2.45. The lowest BCUT2D eigenvalue weighted by atomic mass is 10.1. The van der Waals surface area contributed by atoms with Gasteiger partial charge in [-0.1, -0.05) is 12.1 Å². The van der Waals surface area contributed by atoms with Crippen molar-refractivity contribution >= 4 is 29.9 Å². The maximum Gasteiger partial charge on any atom is 0.427 e. The van der Waals surface area contributed by atoms with Gasteiger partial charge in [-0.15, -0.1) is 4.90 Å². The first-order chi connectivity index (χ1) is 16.7. The van der Waals surface area contributed by atoms with Crippen molar-refractivity contribution in [2.45, 2.75) is 86.0 Å². The van der Waals surface area contributed by atoms with Gasteiger partial charge in [-0.05, 0) is 69.2 Å². The molecule has 0 unspecified atom stereocenters. The van der Waals surface area contributed by atoms with Gasteiger partial charge in [0.05, 0.1) is 16.3 Å². The molecule has 0 saturated carbocycles. The van der Waals surface area contributed by atoms with Gasteiger partial charge in [0.15, 0.2) is 0 Å². The molecule has 2 amide bonds. The Hall–Kier alpha value is -3.96. The molecule has 202 valence electrons. The fourth-order valence-electron chi connectivity index (χ4n) is 3.10. The number of anilines is 1. The van der Waals surface area contributed by atoms with E-state index in [1.165, 1.54) is 31.2 Å². The Morgan fingerprint density at radius 3 is 1.81 bits per heavy atom. The van der Waals surface area contributed by atoms with Crippen LogP contribution in [0.1, 0.15) is 68.0 Å². The molecule has 0 N–H and O–H groups in total. The molecular weight excluding hydrogens is 484 g/mol. The predicted molar refractivity (Wildman–Crippen MR) is 136 cm³/mol. The van der Waals surface area contributed by atoms with Crippen LogP contribution in [0.3, 0.4) is 0 Å². The van der Waals surface area contributed by atoms with Crippen molar-refractivity contribution in [2.24, 2.45) is 0 Å². The molecule has 0 radical (unpaired) electrons. The molecule has 2 aromatic rings. The van der Waals surface area contributed by atoms with Gasteiger partial charge < -0.3 is 14.2 Å². The molecule has 0 aliphatic heterocycles. The van der Waals surface area contributed by atoms with Crippen LogP contribution in [0.4, 0.5) is 26.0 Å². The van der Waals surface area contributed by atoms with Gasteiger partial charge in [0.2, 0.25) is 5.95 Å². The number of imide groups is 1. The highest BCUT2D eigenvalue weighted by Gasteiger charge is 2.39. The summed E-state index contributed by atoms with van der Waals surface area (Å²) in [6.07, 6.45) is -3.24. The number of aromatic nitrogens is 2. The van der Waals surface area contributed by atoms with E-state index in [9.17, 15) is 24.5 Å². The van der Waals surface area contributed by atoms with Crippen molar-refractivity contribution in [1.82, 2.24) is 9.55 Å². The third kappa shape index (κ3) is 7.76. The molecule has 0 aliphatic rings. The highest BCUT2D eigenvalue weighted by Crippen LogP contribution is 2.33. The number of amides is 2. The Morgan fingerprint density at radius 1 is 0.892 bits per heavy atom. The molecule has 0 atom stereocenters. The SMILES string of the molecule is Cc1nc(N(C(=O)OC(C)(C)C)C(=O)OC(C)(C)C)n(C(=O)OC(C)(C)C)c1-c1cccc([N+](=O)[O-])c1. The number of hydrogen-bond acceptors (Lipinski definition) is 9. The van der Waals surface area contributed by atoms with E-state index in [1.54, 1.807) is 62.3 Å². The van der Waals surface area contributed by atoms with Gasteiger partial charge in [0, 0.05) is 17.7 Å². The van der Waals surface area contributed by atoms with Crippen LogP contribution in [0.5, 0.6) is 0 Å². The minimum absolute atomic E-state index is 0.0880. The highest BCUT2D eigenvalue weighted by atomic mass is 16.6. The van der Waals surface area contributed by atoms with Crippen LogP contribution in [0.25, 0.3) is 11.3 Å². The summed E-state index contributed by atoms with van der Waals surface area (Å²) in [5.41, 5.74) is -2.67. The maximum absolute atomic E-state index is 13.5. The number of imidazole rings is 1. The van der Waals surface area contributed by atoms with Crippen molar-refractivity contribution in [2.75, 3.05) is 4.90 Å². The number of non-ortho nitro benzene ring substituents is 1. The largest absolute Gasteiger partial charge is 0.443 e. The average molecular weight is 519 g/mol. The molecule has 12 heteroatoms. The van der Waals surface area contributed by atoms with Crippen LogP contribution in [-0.4, -0.2) is 49.6 Å². The number of hydrogen-bond donors (Lipinski definition) is 0. The lowest BCUT2D eigenvalue weighted by molar-refractivity contribution is -0.384. The summed E-state index contributed by atoms with van der Waals surface area (Å²) in [4.78, 5) is 55.6. The van der Waals surface area contributed by atoms with Gasteiger partial charge in [-0.25, -0.2) is 23.9 Å². The van der Waals surface area contributed by atoms with Gasteiger partial charge in [0.25, 0.3) is 5.69 Å². The third-order valence-corrected chi connectivity index (χ3v) is 4.29. The molecule has 0 aliphatic carbocycles. The number of ether oxygens (including phenoxy) is 3. The van der Waals surface area contributed by atoms with Crippen molar-refractivity contribution in [3.05, 3.63) is 40.1 Å². The normalized spacial score (nSPS) is 12.1. The second-order valence-electron chi connectivity index (χ2n) is 11.3. The molecule has 0 spiro atoms. The molecule has 1 aromatic heterocycles. The van der Waals surface area contributed by atoms with Crippen LogP contribution in [-0.2, 0) is 14.2 Å². The number of carbonyl (C=O) groups excluding carboxylic acids is 3. The third-order valence-electron chi connectivity index (χ3n) is 4.29. The number of nitro groups is 1. The van der Waals surface area contributed by atoms with Crippen LogP contribution in [0.2, 0.25) is 0 Å². The topological polar surface area (TPSA) is 143 Å².